The highest BCUT2D eigenvalue weighted by atomic mass is 16.5. The number of benzene rings is 2. The van der Waals surface area contributed by atoms with E-state index in [1.165, 1.54) is 0 Å². The minimum absolute atomic E-state index is 0.110. The number of carbonyl (C=O) groups excluding carboxylic acids is 3. The molecule has 230 valence electrons. The molecule has 43 heavy (non-hydrogen) atoms. The molecule has 3 N–H and O–H groups in total. The molecule has 10 nitrogen and oxygen atoms in total. The van der Waals surface area contributed by atoms with Crippen molar-refractivity contribution in [3.63, 3.8) is 0 Å². The predicted octanol–water partition coefficient (Wildman–Crippen LogP) is 5.56. The van der Waals surface area contributed by atoms with Crippen molar-refractivity contribution in [2.45, 2.75) is 77.8 Å². The first-order valence-electron chi connectivity index (χ1n) is 15.3. The molecule has 0 aliphatic heterocycles. The van der Waals surface area contributed by atoms with Crippen molar-refractivity contribution in [3.8, 4) is 17.1 Å². The average molecular weight is 590 g/mol. The van der Waals surface area contributed by atoms with Crippen LogP contribution in [-0.4, -0.2) is 57.7 Å². The van der Waals surface area contributed by atoms with Crippen molar-refractivity contribution in [2.75, 3.05) is 19.0 Å². The van der Waals surface area contributed by atoms with E-state index in [1.807, 2.05) is 63.2 Å². The Hall–Kier alpha value is -3.92. The molecule has 2 aromatic carbocycles. The molecule has 2 fully saturated rings. The molecule has 1 aromatic heterocycles. The maximum absolute atomic E-state index is 13.7. The molecule has 2 aliphatic rings. The third-order valence-electron chi connectivity index (χ3n) is 8.62. The first-order valence-corrected chi connectivity index (χ1v) is 15.3. The molecule has 0 radical (unpaired) electrons. The molecule has 2 saturated carbocycles. The summed E-state index contributed by atoms with van der Waals surface area (Å²) in [5.41, 5.74) is 2.77. The number of amides is 3. The van der Waals surface area contributed by atoms with E-state index < -0.39 is 17.4 Å². The van der Waals surface area contributed by atoms with Crippen molar-refractivity contribution in [2.24, 2.45) is 17.3 Å². The summed E-state index contributed by atoms with van der Waals surface area (Å²) in [6.07, 6.45) is 7.36. The topological polar surface area (TPSA) is 126 Å². The minimum atomic E-state index is -0.843. The van der Waals surface area contributed by atoms with E-state index in [0.717, 1.165) is 66.7 Å². The van der Waals surface area contributed by atoms with Crippen LogP contribution in [0.15, 0.2) is 42.5 Å². The van der Waals surface area contributed by atoms with Gasteiger partial charge in [0.1, 0.15) is 17.6 Å². The summed E-state index contributed by atoms with van der Waals surface area (Å²) in [6.45, 7) is 5.58. The summed E-state index contributed by atoms with van der Waals surface area (Å²) >= 11 is 0. The number of anilines is 1. The van der Waals surface area contributed by atoms with E-state index in [1.54, 1.807) is 7.11 Å². The lowest BCUT2D eigenvalue weighted by Gasteiger charge is -2.32. The quantitative estimate of drug-likeness (QED) is 0.144. The summed E-state index contributed by atoms with van der Waals surface area (Å²) in [7, 11) is 1.64. The Kier molecular flexibility index (Phi) is 9.05. The summed E-state index contributed by atoms with van der Waals surface area (Å²) in [4.78, 5) is 43.2. The van der Waals surface area contributed by atoms with Crippen LogP contribution < -0.4 is 15.4 Å². The number of rotatable bonds is 12. The monoisotopic (exact) mass is 589 g/mol. The average Bonchev–Trinajstić information content (AvgIpc) is 3.55. The highest BCUT2D eigenvalue weighted by Crippen LogP contribution is 2.42. The number of ether oxygens (including phenoxy) is 1. The Labute approximate surface area is 252 Å². The van der Waals surface area contributed by atoms with Gasteiger partial charge in [0.15, 0.2) is 0 Å². The Morgan fingerprint density at radius 1 is 1.09 bits per heavy atom. The second kappa shape index (κ2) is 12.8. The third kappa shape index (κ3) is 7.18. The summed E-state index contributed by atoms with van der Waals surface area (Å²) in [5, 5.41) is 16.4. The molecule has 2 aliphatic carbocycles. The number of nitrogens with one attached hydrogen (secondary N) is 2. The maximum Gasteiger partial charge on any atom is 0.247 e. The van der Waals surface area contributed by atoms with E-state index in [2.05, 4.69) is 15.2 Å². The summed E-state index contributed by atoms with van der Waals surface area (Å²) in [6, 6.07) is 13.1. The molecule has 0 bridgehead atoms. The molecule has 0 spiro atoms. The summed E-state index contributed by atoms with van der Waals surface area (Å²) in [5.74, 6) is 0.729. The Morgan fingerprint density at radius 3 is 2.40 bits per heavy atom. The maximum atomic E-state index is 13.7. The smallest absolute Gasteiger partial charge is 0.247 e. The molecular formula is C33H43N5O5. The van der Waals surface area contributed by atoms with Crippen LogP contribution in [0.3, 0.4) is 0 Å². The van der Waals surface area contributed by atoms with Crippen molar-refractivity contribution < 1.29 is 24.3 Å². The Morgan fingerprint density at radius 2 is 1.79 bits per heavy atom. The zero-order valence-corrected chi connectivity index (χ0v) is 25.5. The van der Waals surface area contributed by atoms with Gasteiger partial charge >= 0.3 is 0 Å². The van der Waals surface area contributed by atoms with Crippen LogP contribution in [0.5, 0.6) is 5.75 Å². The lowest BCUT2D eigenvalue weighted by atomic mass is 9.85. The van der Waals surface area contributed by atoms with Crippen LogP contribution in [0.1, 0.15) is 71.8 Å². The van der Waals surface area contributed by atoms with Crippen LogP contribution in [0.2, 0.25) is 0 Å². The van der Waals surface area contributed by atoms with Gasteiger partial charge in [-0.3, -0.25) is 19.6 Å². The molecule has 10 heteroatoms. The van der Waals surface area contributed by atoms with Crippen LogP contribution >= 0.6 is 0 Å². The van der Waals surface area contributed by atoms with Crippen LogP contribution in [-0.2, 0) is 14.4 Å². The number of imidazole rings is 1. The van der Waals surface area contributed by atoms with Gasteiger partial charge in [-0.15, -0.1) is 0 Å². The van der Waals surface area contributed by atoms with Crippen molar-refractivity contribution in [1.29, 1.82) is 0 Å². The van der Waals surface area contributed by atoms with Gasteiger partial charge in [0.2, 0.25) is 18.2 Å². The molecule has 0 saturated heterocycles. The zero-order valence-electron chi connectivity index (χ0n) is 25.5. The number of methoxy groups -OCH3 is 1. The number of carbonyl (C=O) groups is 3. The van der Waals surface area contributed by atoms with E-state index in [-0.39, 0.29) is 18.4 Å². The number of aromatic nitrogens is 2. The molecule has 3 aromatic rings. The SMILES string of the molecule is COc1ccc(-c2nc3cc(NC(=O)[C@@H](NC(=O)[C@H](CC4CCCC4)CN(O)C=O)C(C)(C)C)ccc3n2C2CC2)cc1. The fourth-order valence-corrected chi connectivity index (χ4v) is 6.15. The molecule has 3 amide bonds. The van der Waals surface area contributed by atoms with Gasteiger partial charge in [0, 0.05) is 17.3 Å². The van der Waals surface area contributed by atoms with Crippen molar-refractivity contribution in [3.05, 3.63) is 42.5 Å². The standard InChI is InChI=1S/C33H43N5O5/c1-33(2,3)29(36-31(40)23(19-37(42)20-39)17-21-7-5-6-8-21)32(41)34-24-11-16-28-27(18-24)35-30(38(28)25-12-13-25)22-9-14-26(43-4)15-10-22/h9-11,14-16,18,20-21,23,25,29,42H,5-8,12-13,17,19H2,1-4H3,(H,34,41)(H,36,40)/t23-,29-/m1/s1. The molecule has 5 rings (SSSR count). The van der Waals surface area contributed by atoms with Gasteiger partial charge in [-0.05, 0) is 73.1 Å². The van der Waals surface area contributed by atoms with E-state index in [0.29, 0.717) is 35.5 Å². The van der Waals surface area contributed by atoms with E-state index in [4.69, 9.17) is 9.72 Å². The normalized spacial score (nSPS) is 17.0. The van der Waals surface area contributed by atoms with E-state index >= 15 is 0 Å². The Balaban J connectivity index is 1.36. The first-order chi connectivity index (χ1) is 20.6. The fourth-order valence-electron chi connectivity index (χ4n) is 6.15. The van der Waals surface area contributed by atoms with E-state index in [9.17, 15) is 19.6 Å². The second-order valence-electron chi connectivity index (χ2n) is 13.1. The predicted molar refractivity (Wildman–Crippen MR) is 165 cm³/mol. The van der Waals surface area contributed by atoms with Crippen LogP contribution in [0, 0.1) is 17.3 Å². The number of hydrogen-bond donors (Lipinski definition) is 3. The lowest BCUT2D eigenvalue weighted by molar-refractivity contribution is -0.155. The summed E-state index contributed by atoms with van der Waals surface area (Å²) < 4.78 is 7.59. The highest BCUT2D eigenvalue weighted by Gasteiger charge is 2.36. The van der Waals surface area contributed by atoms with Crippen LogP contribution in [0.25, 0.3) is 22.4 Å². The van der Waals surface area contributed by atoms with Gasteiger partial charge in [-0.25, -0.2) is 10.0 Å². The lowest BCUT2D eigenvalue weighted by Crippen LogP contribution is -2.54. The Bertz CT molecular complexity index is 1450. The molecule has 0 unspecified atom stereocenters. The van der Waals surface area contributed by atoms with Gasteiger partial charge in [-0.1, -0.05) is 46.5 Å². The first kappa shape index (κ1) is 30.5. The number of fused-ring (bicyclic) bond motifs is 1. The highest BCUT2D eigenvalue weighted by molar-refractivity contribution is 5.99. The van der Waals surface area contributed by atoms with Gasteiger partial charge in [-0.2, -0.15) is 0 Å². The van der Waals surface area contributed by atoms with Crippen molar-refractivity contribution in [1.82, 2.24) is 19.9 Å². The molecule has 2 atom stereocenters. The second-order valence-corrected chi connectivity index (χ2v) is 13.1. The van der Waals surface area contributed by atoms with Crippen molar-refractivity contribution >= 4 is 34.9 Å². The zero-order chi connectivity index (χ0) is 30.7. The van der Waals surface area contributed by atoms with Crippen LogP contribution in [0.4, 0.5) is 5.69 Å². The van der Waals surface area contributed by atoms with Gasteiger partial charge < -0.3 is 19.9 Å². The molecule has 1 heterocycles. The number of hydrogen-bond acceptors (Lipinski definition) is 6. The number of hydroxylamine groups is 2. The fraction of sp³-hybridized carbons (Fsp3) is 0.515. The third-order valence-corrected chi connectivity index (χ3v) is 8.62. The number of nitrogens with zero attached hydrogens (tertiary/aromatic N) is 3. The minimum Gasteiger partial charge on any atom is -0.497 e. The molecular weight excluding hydrogens is 546 g/mol. The van der Waals surface area contributed by atoms with Gasteiger partial charge in [0.25, 0.3) is 0 Å². The van der Waals surface area contributed by atoms with Gasteiger partial charge in [0.05, 0.1) is 30.6 Å². The largest absolute Gasteiger partial charge is 0.497 e.